The van der Waals surface area contributed by atoms with Crippen LogP contribution in [0.15, 0.2) is 54.6 Å². The van der Waals surface area contributed by atoms with Gasteiger partial charge in [0.2, 0.25) is 0 Å². The van der Waals surface area contributed by atoms with Gasteiger partial charge in [0.05, 0.1) is 11.3 Å². The predicted molar refractivity (Wildman–Crippen MR) is 104 cm³/mol. The Kier molecular flexibility index (Phi) is 9.29. The molecule has 3 N–H and O–H groups in total. The molecule has 2 aromatic carbocycles. The van der Waals surface area contributed by atoms with Gasteiger partial charge in [-0.15, -0.1) is 12.4 Å². The average Bonchev–Trinajstić information content (AvgIpc) is 2.62. The summed E-state index contributed by atoms with van der Waals surface area (Å²) in [4.78, 5) is 24.6. The third kappa shape index (κ3) is 6.57. The number of hydrogen-bond acceptors (Lipinski definition) is 3. The molecular formula is C19H24ClN3O2. The molecule has 2 rings (SSSR count). The highest BCUT2D eigenvalue weighted by molar-refractivity contribution is 6.08. The van der Waals surface area contributed by atoms with Crippen LogP contribution in [0.25, 0.3) is 0 Å². The summed E-state index contributed by atoms with van der Waals surface area (Å²) in [6, 6.07) is 15.9. The van der Waals surface area contributed by atoms with E-state index in [1.54, 1.807) is 48.5 Å². The summed E-state index contributed by atoms with van der Waals surface area (Å²) in [5.74, 6) is -0.433. The summed E-state index contributed by atoms with van der Waals surface area (Å²) in [6.45, 7) is 4.29. The zero-order valence-electron chi connectivity index (χ0n) is 14.2. The van der Waals surface area contributed by atoms with Crippen LogP contribution in [-0.4, -0.2) is 31.4 Å². The fourth-order valence-electron chi connectivity index (χ4n) is 2.24. The molecule has 25 heavy (non-hydrogen) atoms. The number of rotatable bonds is 8. The Morgan fingerprint density at radius 3 is 2.24 bits per heavy atom. The van der Waals surface area contributed by atoms with E-state index in [9.17, 15) is 9.59 Å². The second kappa shape index (κ2) is 11.2. The third-order valence-electron chi connectivity index (χ3n) is 3.47. The number of carbonyl (C=O) groups is 2. The van der Waals surface area contributed by atoms with Crippen LogP contribution in [0.2, 0.25) is 0 Å². The Morgan fingerprint density at radius 2 is 1.52 bits per heavy atom. The SMILES string of the molecule is CCCNCCNC(=O)c1ccccc1NC(=O)c1ccccc1.Cl. The van der Waals surface area contributed by atoms with Gasteiger partial charge in [0.15, 0.2) is 0 Å². The van der Waals surface area contributed by atoms with Gasteiger partial charge < -0.3 is 16.0 Å². The lowest BCUT2D eigenvalue weighted by Gasteiger charge is -2.11. The van der Waals surface area contributed by atoms with Crippen molar-refractivity contribution < 1.29 is 9.59 Å². The molecule has 0 radical (unpaired) electrons. The number of anilines is 1. The molecule has 0 bridgehead atoms. The highest BCUT2D eigenvalue weighted by atomic mass is 35.5. The average molecular weight is 362 g/mol. The minimum atomic E-state index is -0.236. The molecule has 0 spiro atoms. The molecule has 0 saturated heterocycles. The predicted octanol–water partition coefficient (Wildman–Crippen LogP) is 3.09. The van der Waals surface area contributed by atoms with Crippen LogP contribution >= 0.6 is 12.4 Å². The topological polar surface area (TPSA) is 70.2 Å². The monoisotopic (exact) mass is 361 g/mol. The maximum atomic E-state index is 12.3. The molecular weight excluding hydrogens is 338 g/mol. The normalized spacial score (nSPS) is 9.80. The molecule has 0 aliphatic heterocycles. The van der Waals surface area contributed by atoms with E-state index in [1.807, 2.05) is 6.07 Å². The first-order valence-corrected chi connectivity index (χ1v) is 8.16. The van der Waals surface area contributed by atoms with Gasteiger partial charge in [0.1, 0.15) is 0 Å². The van der Waals surface area contributed by atoms with Crippen molar-refractivity contribution in [3.05, 3.63) is 65.7 Å². The number of hydrogen-bond donors (Lipinski definition) is 3. The molecule has 0 saturated carbocycles. The number of halogens is 1. The first-order chi connectivity index (χ1) is 11.7. The molecule has 0 heterocycles. The van der Waals surface area contributed by atoms with Crippen molar-refractivity contribution >= 4 is 29.9 Å². The van der Waals surface area contributed by atoms with Crippen LogP contribution in [0.3, 0.4) is 0 Å². The van der Waals surface area contributed by atoms with Gasteiger partial charge in [-0.1, -0.05) is 37.3 Å². The van der Waals surface area contributed by atoms with Crippen molar-refractivity contribution in [2.45, 2.75) is 13.3 Å². The van der Waals surface area contributed by atoms with Crippen molar-refractivity contribution in [2.75, 3.05) is 25.0 Å². The first kappa shape index (κ1) is 20.7. The Morgan fingerprint density at radius 1 is 0.840 bits per heavy atom. The Balaban J connectivity index is 0.00000312. The number of carbonyl (C=O) groups excluding carboxylic acids is 2. The molecule has 2 aromatic rings. The van der Waals surface area contributed by atoms with Crippen LogP contribution < -0.4 is 16.0 Å². The van der Waals surface area contributed by atoms with Gasteiger partial charge in [0.25, 0.3) is 11.8 Å². The van der Waals surface area contributed by atoms with Crippen molar-refractivity contribution in [1.82, 2.24) is 10.6 Å². The summed E-state index contributed by atoms with van der Waals surface area (Å²) in [5, 5.41) is 8.89. The molecule has 0 aromatic heterocycles. The van der Waals surface area contributed by atoms with Crippen LogP contribution in [0.4, 0.5) is 5.69 Å². The quantitative estimate of drug-likeness (QED) is 0.633. The van der Waals surface area contributed by atoms with Crippen LogP contribution in [-0.2, 0) is 0 Å². The molecule has 0 aliphatic carbocycles. The Labute approximate surface area is 154 Å². The van der Waals surface area contributed by atoms with E-state index in [4.69, 9.17) is 0 Å². The summed E-state index contributed by atoms with van der Waals surface area (Å²) < 4.78 is 0. The highest BCUT2D eigenvalue weighted by Gasteiger charge is 2.13. The summed E-state index contributed by atoms with van der Waals surface area (Å²) in [5.41, 5.74) is 1.51. The van der Waals surface area contributed by atoms with E-state index >= 15 is 0 Å². The number of benzene rings is 2. The van der Waals surface area contributed by atoms with Gasteiger partial charge in [-0.2, -0.15) is 0 Å². The highest BCUT2D eigenvalue weighted by Crippen LogP contribution is 2.16. The molecule has 0 aliphatic rings. The third-order valence-corrected chi connectivity index (χ3v) is 3.47. The van der Waals surface area contributed by atoms with E-state index in [0.717, 1.165) is 19.5 Å². The van der Waals surface area contributed by atoms with Gasteiger partial charge in [-0.3, -0.25) is 9.59 Å². The number of para-hydroxylation sites is 1. The van der Waals surface area contributed by atoms with Crippen LogP contribution in [0, 0.1) is 0 Å². The maximum Gasteiger partial charge on any atom is 0.255 e. The number of amides is 2. The van der Waals surface area contributed by atoms with Crippen molar-refractivity contribution in [3.8, 4) is 0 Å². The Bertz CT molecular complexity index is 677. The van der Waals surface area contributed by atoms with E-state index < -0.39 is 0 Å². The maximum absolute atomic E-state index is 12.3. The summed E-state index contributed by atoms with van der Waals surface area (Å²) in [6.07, 6.45) is 1.06. The largest absolute Gasteiger partial charge is 0.351 e. The fourth-order valence-corrected chi connectivity index (χ4v) is 2.24. The van der Waals surface area contributed by atoms with E-state index in [0.29, 0.717) is 23.4 Å². The second-order valence-corrected chi connectivity index (χ2v) is 5.37. The lowest BCUT2D eigenvalue weighted by Crippen LogP contribution is -2.32. The van der Waals surface area contributed by atoms with Gasteiger partial charge >= 0.3 is 0 Å². The fraction of sp³-hybridized carbons (Fsp3) is 0.263. The minimum Gasteiger partial charge on any atom is -0.351 e. The molecule has 134 valence electrons. The molecule has 5 nitrogen and oxygen atoms in total. The van der Waals surface area contributed by atoms with E-state index in [-0.39, 0.29) is 24.2 Å². The lowest BCUT2D eigenvalue weighted by molar-refractivity contribution is 0.0955. The summed E-state index contributed by atoms with van der Waals surface area (Å²) in [7, 11) is 0. The van der Waals surface area contributed by atoms with Gasteiger partial charge in [0, 0.05) is 18.7 Å². The zero-order valence-corrected chi connectivity index (χ0v) is 15.1. The van der Waals surface area contributed by atoms with Gasteiger partial charge in [-0.25, -0.2) is 0 Å². The lowest BCUT2D eigenvalue weighted by atomic mass is 10.1. The van der Waals surface area contributed by atoms with Crippen molar-refractivity contribution in [1.29, 1.82) is 0 Å². The van der Waals surface area contributed by atoms with Crippen molar-refractivity contribution in [2.24, 2.45) is 0 Å². The molecule has 0 fully saturated rings. The van der Waals surface area contributed by atoms with Crippen molar-refractivity contribution in [3.63, 3.8) is 0 Å². The molecule has 2 amide bonds. The minimum absolute atomic E-state index is 0. The summed E-state index contributed by atoms with van der Waals surface area (Å²) >= 11 is 0. The molecule has 6 heteroatoms. The second-order valence-electron chi connectivity index (χ2n) is 5.37. The molecule has 0 unspecified atom stereocenters. The van der Waals surface area contributed by atoms with Crippen LogP contribution in [0.5, 0.6) is 0 Å². The van der Waals surface area contributed by atoms with Gasteiger partial charge in [-0.05, 0) is 37.2 Å². The van der Waals surface area contributed by atoms with Crippen LogP contribution in [0.1, 0.15) is 34.1 Å². The smallest absolute Gasteiger partial charge is 0.255 e. The van der Waals surface area contributed by atoms with E-state index in [1.165, 1.54) is 0 Å². The zero-order chi connectivity index (χ0) is 17.2. The Hall–Kier alpha value is -2.37. The number of nitrogens with one attached hydrogen (secondary N) is 3. The van der Waals surface area contributed by atoms with E-state index in [2.05, 4.69) is 22.9 Å². The first-order valence-electron chi connectivity index (χ1n) is 8.16. The standard InChI is InChI=1S/C19H23N3O2.ClH/c1-2-12-20-13-14-21-19(24)16-10-6-7-11-17(16)22-18(23)15-8-4-3-5-9-15;/h3-11,20H,2,12-14H2,1H3,(H,21,24)(H,22,23);1H. The molecule has 0 atom stereocenters.